The number of amides is 2. The standard InChI is InChI=1S/C19H23N5O4/c1-28-15-5-2-4-14(12-15)17(26)22-16(13-25)18(27)23-8-10-24(11-9-23)19-20-6-3-7-21-19/h2-7,12,16,25H,8-11,13H2,1H3,(H,22,26)/t16-/m0/s1. The van der Waals surface area contributed by atoms with E-state index < -0.39 is 18.6 Å². The summed E-state index contributed by atoms with van der Waals surface area (Å²) < 4.78 is 5.11. The van der Waals surface area contributed by atoms with Gasteiger partial charge in [-0.05, 0) is 24.3 Å². The van der Waals surface area contributed by atoms with Gasteiger partial charge in [0.05, 0.1) is 13.7 Å². The third-order valence-electron chi connectivity index (χ3n) is 4.54. The summed E-state index contributed by atoms with van der Waals surface area (Å²) in [4.78, 5) is 37.2. The fourth-order valence-corrected chi connectivity index (χ4v) is 2.99. The summed E-state index contributed by atoms with van der Waals surface area (Å²) in [6, 6.07) is 7.36. The fraction of sp³-hybridized carbons (Fsp3) is 0.368. The zero-order valence-corrected chi connectivity index (χ0v) is 15.6. The first-order valence-corrected chi connectivity index (χ1v) is 8.99. The van der Waals surface area contributed by atoms with Gasteiger partial charge in [0.15, 0.2) is 0 Å². The molecule has 0 aliphatic carbocycles. The number of carbonyl (C=O) groups excluding carboxylic acids is 2. The first-order chi connectivity index (χ1) is 13.6. The normalized spacial score (nSPS) is 15.1. The molecule has 148 valence electrons. The Bertz CT molecular complexity index is 809. The molecule has 0 unspecified atom stereocenters. The minimum absolute atomic E-state index is 0.313. The molecule has 1 aliphatic rings. The number of ether oxygens (including phenoxy) is 1. The molecule has 1 aromatic heterocycles. The van der Waals surface area contributed by atoms with Crippen LogP contribution in [-0.4, -0.2) is 77.7 Å². The fourth-order valence-electron chi connectivity index (χ4n) is 2.99. The van der Waals surface area contributed by atoms with Crippen molar-refractivity contribution in [1.82, 2.24) is 20.2 Å². The van der Waals surface area contributed by atoms with Crippen LogP contribution in [-0.2, 0) is 4.79 Å². The lowest BCUT2D eigenvalue weighted by Gasteiger charge is -2.36. The molecule has 0 bridgehead atoms. The maximum atomic E-state index is 12.7. The molecule has 0 radical (unpaired) electrons. The smallest absolute Gasteiger partial charge is 0.252 e. The van der Waals surface area contributed by atoms with E-state index in [-0.39, 0.29) is 5.91 Å². The molecule has 2 heterocycles. The van der Waals surface area contributed by atoms with Crippen LogP contribution >= 0.6 is 0 Å². The number of piperazine rings is 1. The Morgan fingerprint density at radius 1 is 1.18 bits per heavy atom. The van der Waals surface area contributed by atoms with Crippen molar-refractivity contribution in [3.8, 4) is 5.75 Å². The Morgan fingerprint density at radius 3 is 2.54 bits per heavy atom. The Kier molecular flexibility index (Phi) is 6.38. The molecule has 1 aromatic carbocycles. The molecule has 3 rings (SSSR count). The Balaban J connectivity index is 1.58. The highest BCUT2D eigenvalue weighted by molar-refractivity contribution is 5.97. The highest BCUT2D eigenvalue weighted by Gasteiger charge is 2.29. The number of aliphatic hydroxyl groups is 1. The zero-order valence-electron chi connectivity index (χ0n) is 15.6. The van der Waals surface area contributed by atoms with Crippen LogP contribution in [0.15, 0.2) is 42.7 Å². The van der Waals surface area contributed by atoms with Gasteiger partial charge in [0.1, 0.15) is 11.8 Å². The Hall–Kier alpha value is -3.20. The summed E-state index contributed by atoms with van der Waals surface area (Å²) in [5.41, 5.74) is 0.358. The number of hydrogen-bond donors (Lipinski definition) is 2. The van der Waals surface area contributed by atoms with Crippen LogP contribution in [0.2, 0.25) is 0 Å². The highest BCUT2D eigenvalue weighted by atomic mass is 16.5. The third-order valence-corrected chi connectivity index (χ3v) is 4.54. The summed E-state index contributed by atoms with van der Waals surface area (Å²) in [7, 11) is 1.51. The lowest BCUT2D eigenvalue weighted by atomic mass is 10.1. The summed E-state index contributed by atoms with van der Waals surface area (Å²) >= 11 is 0. The Labute approximate surface area is 163 Å². The van der Waals surface area contributed by atoms with E-state index in [1.165, 1.54) is 7.11 Å². The summed E-state index contributed by atoms with van der Waals surface area (Å²) in [5, 5.41) is 12.2. The van der Waals surface area contributed by atoms with Crippen molar-refractivity contribution in [3.63, 3.8) is 0 Å². The van der Waals surface area contributed by atoms with Gasteiger partial charge < -0.3 is 25.0 Å². The average Bonchev–Trinajstić information content (AvgIpc) is 2.77. The second-order valence-corrected chi connectivity index (χ2v) is 6.30. The number of anilines is 1. The van der Waals surface area contributed by atoms with E-state index in [1.54, 1.807) is 47.6 Å². The predicted molar refractivity (Wildman–Crippen MR) is 102 cm³/mol. The molecule has 2 N–H and O–H groups in total. The van der Waals surface area contributed by atoms with Gasteiger partial charge in [-0.15, -0.1) is 0 Å². The first kappa shape index (κ1) is 19.6. The number of nitrogens with one attached hydrogen (secondary N) is 1. The van der Waals surface area contributed by atoms with Gasteiger partial charge in [0, 0.05) is 44.1 Å². The Morgan fingerprint density at radius 2 is 1.89 bits per heavy atom. The van der Waals surface area contributed by atoms with Crippen LogP contribution in [0.5, 0.6) is 5.75 Å². The molecular weight excluding hydrogens is 362 g/mol. The number of nitrogens with zero attached hydrogens (tertiary/aromatic N) is 4. The van der Waals surface area contributed by atoms with Gasteiger partial charge >= 0.3 is 0 Å². The van der Waals surface area contributed by atoms with Crippen LogP contribution in [0, 0.1) is 0 Å². The topological polar surface area (TPSA) is 108 Å². The van der Waals surface area contributed by atoms with Crippen LogP contribution in [0.4, 0.5) is 5.95 Å². The van der Waals surface area contributed by atoms with Crippen LogP contribution in [0.1, 0.15) is 10.4 Å². The van der Waals surface area contributed by atoms with E-state index in [0.29, 0.717) is 43.4 Å². The minimum atomic E-state index is -1.00. The molecule has 0 spiro atoms. The second kappa shape index (κ2) is 9.14. The number of rotatable bonds is 6. The lowest BCUT2D eigenvalue weighted by Crippen LogP contribution is -2.56. The third kappa shape index (κ3) is 4.55. The van der Waals surface area contributed by atoms with E-state index in [0.717, 1.165) is 0 Å². The molecule has 1 fully saturated rings. The van der Waals surface area contributed by atoms with Crippen molar-refractivity contribution >= 4 is 17.8 Å². The maximum Gasteiger partial charge on any atom is 0.252 e. The van der Waals surface area contributed by atoms with Gasteiger partial charge in [-0.25, -0.2) is 9.97 Å². The quantitative estimate of drug-likeness (QED) is 0.716. The molecule has 9 heteroatoms. The van der Waals surface area contributed by atoms with E-state index >= 15 is 0 Å². The van der Waals surface area contributed by atoms with Crippen molar-refractivity contribution in [3.05, 3.63) is 48.3 Å². The lowest BCUT2D eigenvalue weighted by molar-refractivity contribution is -0.134. The monoisotopic (exact) mass is 385 g/mol. The van der Waals surface area contributed by atoms with E-state index in [2.05, 4.69) is 15.3 Å². The van der Waals surface area contributed by atoms with Crippen molar-refractivity contribution in [2.75, 3.05) is 44.8 Å². The maximum absolute atomic E-state index is 12.7. The molecule has 28 heavy (non-hydrogen) atoms. The molecule has 2 amide bonds. The number of aromatic nitrogens is 2. The van der Waals surface area contributed by atoms with Gasteiger partial charge in [-0.2, -0.15) is 0 Å². The van der Waals surface area contributed by atoms with E-state index in [1.807, 2.05) is 4.90 Å². The molecule has 1 atom stereocenters. The van der Waals surface area contributed by atoms with E-state index in [4.69, 9.17) is 4.74 Å². The number of methoxy groups -OCH3 is 1. The summed E-state index contributed by atoms with van der Waals surface area (Å²) in [6.07, 6.45) is 3.35. The van der Waals surface area contributed by atoms with Gasteiger partial charge in [-0.1, -0.05) is 6.07 Å². The molecule has 9 nitrogen and oxygen atoms in total. The molecular formula is C19H23N5O4. The van der Waals surface area contributed by atoms with Gasteiger partial charge in [0.2, 0.25) is 11.9 Å². The first-order valence-electron chi connectivity index (χ1n) is 8.99. The van der Waals surface area contributed by atoms with Crippen molar-refractivity contribution in [2.45, 2.75) is 6.04 Å². The molecule has 1 saturated heterocycles. The SMILES string of the molecule is COc1cccc(C(=O)N[C@@H](CO)C(=O)N2CCN(c3ncccn3)CC2)c1. The van der Waals surface area contributed by atoms with Gasteiger partial charge in [-0.3, -0.25) is 9.59 Å². The van der Waals surface area contributed by atoms with Crippen molar-refractivity contribution in [2.24, 2.45) is 0 Å². The number of benzene rings is 1. The molecule has 0 saturated carbocycles. The van der Waals surface area contributed by atoms with Crippen molar-refractivity contribution < 1.29 is 19.4 Å². The minimum Gasteiger partial charge on any atom is -0.497 e. The summed E-state index contributed by atoms with van der Waals surface area (Å²) in [5.74, 6) is 0.411. The molecule has 1 aliphatic heterocycles. The van der Waals surface area contributed by atoms with Gasteiger partial charge in [0.25, 0.3) is 5.91 Å². The number of hydrogen-bond acceptors (Lipinski definition) is 7. The number of aliphatic hydroxyl groups excluding tert-OH is 1. The largest absolute Gasteiger partial charge is 0.497 e. The van der Waals surface area contributed by atoms with E-state index in [9.17, 15) is 14.7 Å². The number of carbonyl (C=O) groups is 2. The van der Waals surface area contributed by atoms with Crippen LogP contribution in [0.25, 0.3) is 0 Å². The average molecular weight is 385 g/mol. The molecule has 2 aromatic rings. The second-order valence-electron chi connectivity index (χ2n) is 6.30. The van der Waals surface area contributed by atoms with Crippen LogP contribution in [0.3, 0.4) is 0 Å². The van der Waals surface area contributed by atoms with Crippen molar-refractivity contribution in [1.29, 1.82) is 0 Å². The predicted octanol–water partition coefficient (Wildman–Crippen LogP) is -0.0753. The summed E-state index contributed by atoms with van der Waals surface area (Å²) in [6.45, 7) is 1.61. The highest BCUT2D eigenvalue weighted by Crippen LogP contribution is 2.13. The zero-order chi connectivity index (χ0) is 19.9. The van der Waals surface area contributed by atoms with Crippen LogP contribution < -0.4 is 15.0 Å².